The lowest BCUT2D eigenvalue weighted by atomic mass is 9.85. The standard InChI is InChI=1S/C23H28ClFN2O2S.C4H6O6/c1-26(2)22(28)18(13-16-5-3-4-6-19(16)25)15-27-10-8-23(9-11-27)21-17(7-12-29-23)14-20(24)30-21;5-1(3(7)8)2(6)4(9)10/h3-6,14,18H,7-13,15H2,1-2H3;1-2,5-6H,(H,7,8)(H,9,10)/t18-;1-,2-/m01/s1. The molecule has 2 aliphatic rings. The van der Waals surface area contributed by atoms with Crippen molar-refractivity contribution in [3.63, 3.8) is 0 Å². The number of carbonyl (C=O) groups is 3. The van der Waals surface area contributed by atoms with Crippen LogP contribution in [0.1, 0.15) is 28.8 Å². The minimum absolute atomic E-state index is 0.0415. The lowest BCUT2D eigenvalue weighted by molar-refractivity contribution is -0.165. The average molecular weight is 601 g/mol. The minimum Gasteiger partial charge on any atom is -0.479 e. The molecule has 0 radical (unpaired) electrons. The zero-order valence-electron chi connectivity index (χ0n) is 22.3. The minimum atomic E-state index is -2.27. The Kier molecular flexibility index (Phi) is 11.0. The highest BCUT2D eigenvalue weighted by Gasteiger charge is 2.43. The van der Waals surface area contributed by atoms with E-state index in [1.807, 2.05) is 6.07 Å². The maximum Gasteiger partial charge on any atom is 0.335 e. The number of amides is 1. The zero-order valence-corrected chi connectivity index (χ0v) is 23.8. The molecule has 2 aliphatic heterocycles. The molecule has 3 atom stereocenters. The molecular formula is C27H34ClFN2O8S. The van der Waals surface area contributed by atoms with Gasteiger partial charge in [0.15, 0.2) is 12.2 Å². The first-order valence-corrected chi connectivity index (χ1v) is 14.0. The molecule has 1 fully saturated rings. The van der Waals surface area contributed by atoms with E-state index in [-0.39, 0.29) is 23.2 Å². The number of thiophene rings is 1. The molecule has 1 aromatic heterocycles. The van der Waals surface area contributed by atoms with Gasteiger partial charge in [-0.3, -0.25) is 4.79 Å². The summed E-state index contributed by atoms with van der Waals surface area (Å²) in [5, 5.41) is 32.5. The summed E-state index contributed by atoms with van der Waals surface area (Å²) in [6.45, 7) is 3.06. The van der Waals surface area contributed by atoms with Gasteiger partial charge in [0.1, 0.15) is 11.4 Å². The number of ether oxygens (including phenoxy) is 1. The summed E-state index contributed by atoms with van der Waals surface area (Å²) in [6, 6.07) is 8.82. The normalized spacial score (nSPS) is 18.6. The van der Waals surface area contributed by atoms with Crippen molar-refractivity contribution in [2.45, 2.75) is 43.5 Å². The van der Waals surface area contributed by atoms with Crippen LogP contribution >= 0.6 is 22.9 Å². The Bertz CT molecular complexity index is 1180. The van der Waals surface area contributed by atoms with Crippen molar-refractivity contribution in [2.24, 2.45) is 5.92 Å². The Hall–Kier alpha value is -2.61. The fourth-order valence-corrected chi connectivity index (χ4v) is 6.46. The Morgan fingerprint density at radius 2 is 1.73 bits per heavy atom. The molecule has 40 heavy (non-hydrogen) atoms. The van der Waals surface area contributed by atoms with Gasteiger partial charge in [0.05, 0.1) is 16.9 Å². The SMILES string of the molecule is CN(C)C(=O)[C@@H](Cc1ccccc1F)CN1CCC2(CC1)OCCc1cc(Cl)sc12.O=C(O)[C@H](O)[C@@H](O)C(=O)O. The average Bonchev–Trinajstić information content (AvgIpc) is 3.31. The second kappa shape index (κ2) is 13.8. The summed E-state index contributed by atoms with van der Waals surface area (Å²) in [7, 11) is 3.53. The Labute approximate surface area is 240 Å². The highest BCUT2D eigenvalue weighted by molar-refractivity contribution is 7.16. The molecule has 13 heteroatoms. The number of halogens is 2. The van der Waals surface area contributed by atoms with Gasteiger partial charge >= 0.3 is 11.9 Å². The number of nitrogens with zero attached hydrogens (tertiary/aromatic N) is 2. The van der Waals surface area contributed by atoms with Crippen molar-refractivity contribution in [2.75, 3.05) is 40.3 Å². The van der Waals surface area contributed by atoms with E-state index in [9.17, 15) is 18.8 Å². The topological polar surface area (TPSA) is 148 Å². The zero-order chi connectivity index (χ0) is 29.6. The van der Waals surface area contributed by atoms with Crippen molar-refractivity contribution < 1.29 is 43.9 Å². The molecule has 0 bridgehead atoms. The molecule has 0 aliphatic carbocycles. The third-order valence-corrected chi connectivity index (χ3v) is 8.60. The van der Waals surface area contributed by atoms with Crippen molar-refractivity contribution in [3.8, 4) is 0 Å². The van der Waals surface area contributed by atoms with Gasteiger partial charge in [-0.05, 0) is 48.9 Å². The number of piperidine rings is 1. The molecule has 3 heterocycles. The quantitative estimate of drug-likeness (QED) is 0.358. The predicted octanol–water partition coefficient (Wildman–Crippen LogP) is 2.23. The number of likely N-dealkylation sites (tertiary alicyclic amines) is 1. The molecule has 0 unspecified atom stereocenters. The maximum absolute atomic E-state index is 14.2. The second-order valence-corrected chi connectivity index (χ2v) is 11.8. The molecule has 4 N–H and O–H groups in total. The number of hydrogen-bond acceptors (Lipinski definition) is 8. The Balaban J connectivity index is 0.000000378. The van der Waals surface area contributed by atoms with Crippen LogP contribution < -0.4 is 0 Å². The molecular weight excluding hydrogens is 567 g/mol. The molecule has 1 aromatic carbocycles. The number of aliphatic hydroxyl groups is 2. The van der Waals surface area contributed by atoms with Gasteiger partial charge < -0.3 is 35.0 Å². The van der Waals surface area contributed by atoms with E-state index < -0.39 is 24.1 Å². The summed E-state index contributed by atoms with van der Waals surface area (Å²) in [5.41, 5.74) is 1.68. The molecule has 2 aromatic rings. The third kappa shape index (κ3) is 7.77. The molecule has 10 nitrogen and oxygen atoms in total. The van der Waals surface area contributed by atoms with Gasteiger partial charge in [0.25, 0.3) is 0 Å². The van der Waals surface area contributed by atoms with Crippen LogP contribution in [0, 0.1) is 11.7 Å². The lowest BCUT2D eigenvalue weighted by Crippen LogP contribution is -2.48. The van der Waals surface area contributed by atoms with Crippen molar-refractivity contribution in [1.82, 2.24) is 9.80 Å². The van der Waals surface area contributed by atoms with Crippen LogP contribution in [-0.2, 0) is 37.6 Å². The van der Waals surface area contributed by atoms with Crippen LogP contribution in [0.25, 0.3) is 0 Å². The van der Waals surface area contributed by atoms with Gasteiger partial charge in [-0.2, -0.15) is 0 Å². The van der Waals surface area contributed by atoms with E-state index in [0.29, 0.717) is 18.5 Å². The second-order valence-electron chi connectivity index (χ2n) is 10.1. The van der Waals surface area contributed by atoms with Crippen molar-refractivity contribution in [3.05, 3.63) is 56.5 Å². The predicted molar refractivity (Wildman–Crippen MR) is 146 cm³/mol. The first-order chi connectivity index (χ1) is 18.8. The van der Waals surface area contributed by atoms with E-state index in [2.05, 4.69) is 11.0 Å². The monoisotopic (exact) mass is 600 g/mol. The Morgan fingerprint density at radius 1 is 1.12 bits per heavy atom. The smallest absolute Gasteiger partial charge is 0.335 e. The van der Waals surface area contributed by atoms with Gasteiger partial charge in [-0.1, -0.05) is 29.8 Å². The molecule has 220 valence electrons. The maximum atomic E-state index is 14.2. The van der Waals surface area contributed by atoms with E-state index in [1.165, 1.54) is 16.5 Å². The first-order valence-electron chi connectivity index (χ1n) is 12.8. The summed E-state index contributed by atoms with van der Waals surface area (Å²) in [5.74, 6) is -4.01. The summed E-state index contributed by atoms with van der Waals surface area (Å²) >= 11 is 7.93. The van der Waals surface area contributed by atoms with E-state index in [1.54, 1.807) is 42.5 Å². The highest BCUT2D eigenvalue weighted by Crippen LogP contribution is 2.46. The number of carboxylic acid groups (broad SMARTS) is 2. The Morgan fingerprint density at radius 3 is 2.27 bits per heavy atom. The molecule has 1 amide bonds. The van der Waals surface area contributed by atoms with Crippen LogP contribution in [0.2, 0.25) is 4.34 Å². The fourth-order valence-electron chi connectivity index (χ4n) is 4.96. The van der Waals surface area contributed by atoms with Crippen LogP contribution in [0.3, 0.4) is 0 Å². The summed E-state index contributed by atoms with van der Waals surface area (Å²) in [4.78, 5) is 37.6. The number of aliphatic hydroxyl groups excluding tert-OH is 2. The van der Waals surface area contributed by atoms with E-state index in [4.69, 9.17) is 36.8 Å². The number of fused-ring (bicyclic) bond motifs is 2. The first kappa shape index (κ1) is 31.9. The van der Waals surface area contributed by atoms with Gasteiger partial charge in [-0.15, -0.1) is 11.3 Å². The van der Waals surface area contributed by atoms with Crippen LogP contribution in [-0.4, -0.2) is 101 Å². The molecule has 1 spiro atoms. The van der Waals surface area contributed by atoms with E-state index in [0.717, 1.165) is 43.3 Å². The molecule has 4 rings (SSSR count). The number of benzene rings is 1. The molecule has 0 saturated carbocycles. The largest absolute Gasteiger partial charge is 0.479 e. The molecule has 1 saturated heterocycles. The number of aliphatic carboxylic acids is 2. The van der Waals surface area contributed by atoms with Crippen LogP contribution in [0.4, 0.5) is 4.39 Å². The fraction of sp³-hybridized carbons (Fsp3) is 0.519. The van der Waals surface area contributed by atoms with Crippen molar-refractivity contribution >= 4 is 40.8 Å². The van der Waals surface area contributed by atoms with Gasteiger partial charge in [0, 0.05) is 38.6 Å². The summed E-state index contributed by atoms with van der Waals surface area (Å²) in [6.07, 6.45) is -1.42. The number of carboxylic acids is 2. The van der Waals surface area contributed by atoms with Crippen LogP contribution in [0.5, 0.6) is 0 Å². The van der Waals surface area contributed by atoms with Crippen molar-refractivity contribution in [1.29, 1.82) is 0 Å². The number of hydrogen-bond donors (Lipinski definition) is 4. The van der Waals surface area contributed by atoms with Gasteiger partial charge in [0.2, 0.25) is 5.91 Å². The third-order valence-electron chi connectivity index (χ3n) is 7.10. The summed E-state index contributed by atoms with van der Waals surface area (Å²) < 4.78 is 21.3. The highest BCUT2D eigenvalue weighted by atomic mass is 35.5. The van der Waals surface area contributed by atoms with Gasteiger partial charge in [-0.25, -0.2) is 14.0 Å². The number of rotatable bonds is 8. The number of carbonyl (C=O) groups excluding carboxylic acids is 1. The van der Waals surface area contributed by atoms with E-state index >= 15 is 0 Å². The van der Waals surface area contributed by atoms with Crippen LogP contribution in [0.15, 0.2) is 30.3 Å². The lowest BCUT2D eigenvalue weighted by Gasteiger charge is -2.44.